The van der Waals surface area contributed by atoms with Gasteiger partial charge >= 0.3 is 0 Å². The van der Waals surface area contributed by atoms with Crippen molar-refractivity contribution in [3.8, 4) is 11.4 Å². The SMILES string of the molecule is CCc1cccc(NC(=O)CSc2nnc(-c3ccc(C(C)(C)C)cc3)n2-n2cccc2)c1. The van der Waals surface area contributed by atoms with Crippen LogP contribution in [0.2, 0.25) is 0 Å². The summed E-state index contributed by atoms with van der Waals surface area (Å²) in [6.45, 7) is 8.69. The van der Waals surface area contributed by atoms with Crippen molar-refractivity contribution in [2.45, 2.75) is 44.7 Å². The van der Waals surface area contributed by atoms with Gasteiger partial charge in [-0.2, -0.15) is 0 Å². The maximum atomic E-state index is 12.6. The van der Waals surface area contributed by atoms with E-state index >= 15 is 0 Å². The number of hydrogen-bond acceptors (Lipinski definition) is 4. The zero-order valence-electron chi connectivity index (χ0n) is 19.4. The summed E-state index contributed by atoms with van der Waals surface area (Å²) in [4.78, 5) is 12.6. The molecule has 6 nitrogen and oxygen atoms in total. The molecule has 33 heavy (non-hydrogen) atoms. The summed E-state index contributed by atoms with van der Waals surface area (Å²) < 4.78 is 3.86. The van der Waals surface area contributed by atoms with Crippen LogP contribution in [0.15, 0.2) is 78.2 Å². The number of aryl methyl sites for hydroxylation is 1. The monoisotopic (exact) mass is 459 g/mol. The summed E-state index contributed by atoms with van der Waals surface area (Å²) in [7, 11) is 0. The molecule has 0 aliphatic rings. The maximum Gasteiger partial charge on any atom is 0.234 e. The van der Waals surface area contributed by atoms with E-state index < -0.39 is 0 Å². The lowest BCUT2D eigenvalue weighted by molar-refractivity contribution is -0.113. The van der Waals surface area contributed by atoms with Crippen molar-refractivity contribution in [1.29, 1.82) is 0 Å². The van der Waals surface area contributed by atoms with Gasteiger partial charge in [-0.05, 0) is 47.2 Å². The van der Waals surface area contributed by atoms with Gasteiger partial charge in [-0.3, -0.25) is 9.47 Å². The van der Waals surface area contributed by atoms with Gasteiger partial charge in [0.25, 0.3) is 0 Å². The molecule has 4 rings (SSSR count). The number of aromatic nitrogens is 4. The first-order valence-corrected chi connectivity index (χ1v) is 12.1. The summed E-state index contributed by atoms with van der Waals surface area (Å²) in [6, 6.07) is 20.2. The highest BCUT2D eigenvalue weighted by Gasteiger charge is 2.19. The Hall–Kier alpha value is -3.32. The molecule has 0 aliphatic heterocycles. The van der Waals surface area contributed by atoms with Crippen molar-refractivity contribution in [3.05, 3.63) is 84.2 Å². The van der Waals surface area contributed by atoms with Gasteiger partial charge < -0.3 is 5.32 Å². The van der Waals surface area contributed by atoms with Gasteiger partial charge in [-0.1, -0.05) is 75.9 Å². The molecule has 170 valence electrons. The van der Waals surface area contributed by atoms with Crippen LogP contribution < -0.4 is 5.32 Å². The minimum Gasteiger partial charge on any atom is -0.325 e. The molecule has 0 saturated carbocycles. The zero-order valence-corrected chi connectivity index (χ0v) is 20.3. The Morgan fingerprint density at radius 2 is 1.73 bits per heavy atom. The average Bonchev–Trinajstić information content (AvgIpc) is 3.47. The van der Waals surface area contributed by atoms with Crippen LogP contribution in [0.4, 0.5) is 5.69 Å². The fourth-order valence-corrected chi connectivity index (χ4v) is 4.25. The number of benzene rings is 2. The highest BCUT2D eigenvalue weighted by molar-refractivity contribution is 7.99. The van der Waals surface area contributed by atoms with Crippen LogP contribution in [0.3, 0.4) is 0 Å². The van der Waals surface area contributed by atoms with E-state index in [-0.39, 0.29) is 17.1 Å². The van der Waals surface area contributed by atoms with Gasteiger partial charge in [0.2, 0.25) is 11.1 Å². The van der Waals surface area contributed by atoms with Crippen molar-refractivity contribution in [2.75, 3.05) is 11.1 Å². The Labute approximate surface area is 199 Å². The topological polar surface area (TPSA) is 64.7 Å². The lowest BCUT2D eigenvalue weighted by Crippen LogP contribution is -2.16. The molecule has 2 aromatic heterocycles. The second-order valence-corrected chi connectivity index (χ2v) is 9.84. The van der Waals surface area contributed by atoms with E-state index in [1.165, 1.54) is 22.9 Å². The van der Waals surface area contributed by atoms with Gasteiger partial charge in [0, 0.05) is 23.6 Å². The quantitative estimate of drug-likeness (QED) is 0.363. The first-order chi connectivity index (χ1) is 15.8. The lowest BCUT2D eigenvalue weighted by atomic mass is 9.87. The molecule has 0 atom stereocenters. The lowest BCUT2D eigenvalue weighted by Gasteiger charge is -2.19. The first kappa shape index (κ1) is 22.9. The van der Waals surface area contributed by atoms with Crippen LogP contribution in [0.1, 0.15) is 38.8 Å². The summed E-state index contributed by atoms with van der Waals surface area (Å²) in [6.07, 6.45) is 4.81. The summed E-state index contributed by atoms with van der Waals surface area (Å²) in [5, 5.41) is 12.5. The number of amides is 1. The molecule has 0 fully saturated rings. The molecular weight excluding hydrogens is 430 g/mol. The Bertz CT molecular complexity index is 1220. The van der Waals surface area contributed by atoms with E-state index in [1.807, 2.05) is 52.1 Å². The van der Waals surface area contributed by atoms with Gasteiger partial charge in [0.15, 0.2) is 5.82 Å². The van der Waals surface area contributed by atoms with Crippen LogP contribution in [0.25, 0.3) is 11.4 Å². The molecular formula is C26H29N5OS. The molecule has 2 heterocycles. The van der Waals surface area contributed by atoms with Gasteiger partial charge in [0.05, 0.1) is 5.75 Å². The molecule has 0 bridgehead atoms. The average molecular weight is 460 g/mol. The number of anilines is 1. The van der Waals surface area contributed by atoms with E-state index in [2.05, 4.69) is 73.5 Å². The smallest absolute Gasteiger partial charge is 0.234 e. The third-order valence-corrected chi connectivity index (χ3v) is 6.31. The Balaban J connectivity index is 1.55. The largest absolute Gasteiger partial charge is 0.325 e. The van der Waals surface area contributed by atoms with E-state index in [4.69, 9.17) is 0 Å². The van der Waals surface area contributed by atoms with E-state index in [9.17, 15) is 4.79 Å². The molecule has 0 unspecified atom stereocenters. The minimum absolute atomic E-state index is 0.0774. The third kappa shape index (κ3) is 5.37. The molecule has 1 amide bonds. The number of thioether (sulfide) groups is 1. The Morgan fingerprint density at radius 1 is 1.00 bits per heavy atom. The van der Waals surface area contributed by atoms with Gasteiger partial charge in [-0.25, -0.2) is 4.68 Å². The first-order valence-electron chi connectivity index (χ1n) is 11.1. The normalized spacial score (nSPS) is 11.5. The van der Waals surface area contributed by atoms with Crippen LogP contribution in [0.5, 0.6) is 0 Å². The number of nitrogens with zero attached hydrogens (tertiary/aromatic N) is 4. The number of carbonyl (C=O) groups is 1. The number of rotatable bonds is 7. The van der Waals surface area contributed by atoms with E-state index in [0.717, 1.165) is 23.5 Å². The Kier molecular flexibility index (Phi) is 6.70. The van der Waals surface area contributed by atoms with Crippen LogP contribution in [0, 0.1) is 0 Å². The molecule has 7 heteroatoms. The standard InChI is InChI=1S/C26H29N5OS/c1-5-19-9-8-10-22(17-19)27-23(32)18-33-25-29-28-24(31(25)30-15-6-7-16-30)20-11-13-21(14-12-20)26(2,3)4/h6-17H,5,18H2,1-4H3,(H,27,32). The van der Waals surface area contributed by atoms with Crippen molar-refractivity contribution in [3.63, 3.8) is 0 Å². The number of hydrogen-bond donors (Lipinski definition) is 1. The fraction of sp³-hybridized carbons (Fsp3) is 0.269. The fourth-order valence-electron chi connectivity index (χ4n) is 3.52. The Morgan fingerprint density at radius 3 is 2.39 bits per heavy atom. The molecule has 4 aromatic rings. The third-order valence-electron chi connectivity index (χ3n) is 5.39. The molecule has 0 aliphatic carbocycles. The highest BCUT2D eigenvalue weighted by Crippen LogP contribution is 2.28. The number of nitrogens with one attached hydrogen (secondary N) is 1. The predicted octanol–water partition coefficient (Wildman–Crippen LogP) is 5.65. The van der Waals surface area contributed by atoms with E-state index in [1.54, 1.807) is 0 Å². The van der Waals surface area contributed by atoms with Crippen molar-refractivity contribution in [1.82, 2.24) is 19.5 Å². The predicted molar refractivity (Wildman–Crippen MR) is 135 cm³/mol. The van der Waals surface area contributed by atoms with Crippen molar-refractivity contribution < 1.29 is 4.79 Å². The molecule has 0 radical (unpaired) electrons. The van der Waals surface area contributed by atoms with Crippen LogP contribution >= 0.6 is 11.8 Å². The summed E-state index contributed by atoms with van der Waals surface area (Å²) >= 11 is 1.36. The van der Waals surface area contributed by atoms with Gasteiger partial charge in [-0.15, -0.1) is 10.2 Å². The van der Waals surface area contributed by atoms with Crippen LogP contribution in [-0.2, 0) is 16.6 Å². The summed E-state index contributed by atoms with van der Waals surface area (Å²) in [5.74, 6) is 0.884. The molecule has 1 N–H and O–H groups in total. The van der Waals surface area contributed by atoms with Crippen molar-refractivity contribution >= 4 is 23.4 Å². The molecule has 0 saturated heterocycles. The highest BCUT2D eigenvalue weighted by atomic mass is 32.2. The minimum atomic E-state index is -0.0774. The summed E-state index contributed by atoms with van der Waals surface area (Å²) in [5.41, 5.74) is 4.31. The second kappa shape index (κ2) is 9.67. The van der Waals surface area contributed by atoms with Crippen LogP contribution in [-0.4, -0.2) is 31.2 Å². The second-order valence-electron chi connectivity index (χ2n) is 8.90. The molecule has 0 spiro atoms. The zero-order chi connectivity index (χ0) is 23.4. The van der Waals surface area contributed by atoms with Gasteiger partial charge in [0.1, 0.15) is 0 Å². The van der Waals surface area contributed by atoms with E-state index in [0.29, 0.717) is 5.16 Å². The molecule has 2 aromatic carbocycles. The number of carbonyl (C=O) groups excluding carboxylic acids is 1. The van der Waals surface area contributed by atoms with Crippen molar-refractivity contribution in [2.24, 2.45) is 0 Å². The maximum absolute atomic E-state index is 12.6.